The van der Waals surface area contributed by atoms with Gasteiger partial charge in [0.15, 0.2) is 11.6 Å². The van der Waals surface area contributed by atoms with Crippen LogP contribution >= 0.6 is 11.3 Å². The summed E-state index contributed by atoms with van der Waals surface area (Å²) in [6.07, 6.45) is 7.02. The number of nitrogens with one attached hydrogen (secondary N) is 1. The van der Waals surface area contributed by atoms with Crippen molar-refractivity contribution < 1.29 is 4.79 Å². The molecule has 6 heteroatoms. The van der Waals surface area contributed by atoms with Crippen LogP contribution in [0.5, 0.6) is 0 Å². The first-order valence-electron chi connectivity index (χ1n) is 8.52. The first-order chi connectivity index (χ1) is 12.2. The highest BCUT2D eigenvalue weighted by Gasteiger charge is 2.24. The van der Waals surface area contributed by atoms with Gasteiger partial charge < -0.3 is 5.32 Å². The third-order valence-electron chi connectivity index (χ3n) is 4.60. The second kappa shape index (κ2) is 6.90. The molecule has 1 atom stereocenters. The molecule has 0 aromatic carbocycles. The van der Waals surface area contributed by atoms with Crippen LogP contribution in [0.1, 0.15) is 52.3 Å². The molecule has 3 heterocycles. The molecule has 3 aromatic heterocycles. The number of pyridine rings is 1. The zero-order valence-corrected chi connectivity index (χ0v) is 14.9. The average Bonchev–Trinajstić information content (AvgIpc) is 3.28. The maximum atomic E-state index is 11.4. The van der Waals surface area contributed by atoms with Gasteiger partial charge in [-0.3, -0.25) is 4.79 Å². The summed E-state index contributed by atoms with van der Waals surface area (Å²) in [5.74, 6) is 1.00. The Bertz CT molecular complexity index is 884. The first-order valence-corrected chi connectivity index (χ1v) is 9.40. The Balaban J connectivity index is 1.52. The molecule has 0 saturated carbocycles. The molecule has 25 heavy (non-hydrogen) atoms. The molecule has 3 aromatic rings. The van der Waals surface area contributed by atoms with E-state index in [-0.39, 0.29) is 5.78 Å². The molecule has 4 rings (SSSR count). The van der Waals surface area contributed by atoms with Crippen LogP contribution in [0, 0.1) is 0 Å². The molecular formula is C19H20N4OS. The van der Waals surface area contributed by atoms with Crippen LogP contribution in [0.2, 0.25) is 0 Å². The van der Waals surface area contributed by atoms with Gasteiger partial charge in [0.25, 0.3) is 0 Å². The fraction of sp³-hybridized carbons (Fsp3) is 0.316. The van der Waals surface area contributed by atoms with Gasteiger partial charge in [-0.15, -0.1) is 11.3 Å². The zero-order chi connectivity index (χ0) is 17.2. The molecule has 5 nitrogen and oxygen atoms in total. The fourth-order valence-corrected chi connectivity index (χ4v) is 4.15. The molecule has 0 amide bonds. The summed E-state index contributed by atoms with van der Waals surface area (Å²) in [6.45, 7) is 2.38. The lowest BCUT2D eigenvalue weighted by Crippen LogP contribution is -2.25. The standard InChI is InChI=1S/C19H20N4OS/c1-13(24)18-9-14(12-25-18)10-21-16-5-4-6-17-15(16)11-22-23(17)19-7-2-3-8-20-19/h2-3,7-9,11-12,16,21H,4-6,10H2,1H3/t16-/m0/s1. The molecule has 1 N–H and O–H groups in total. The fourth-order valence-electron chi connectivity index (χ4n) is 3.34. The number of nitrogens with zero attached hydrogens (tertiary/aromatic N) is 3. The van der Waals surface area contributed by atoms with E-state index in [0.717, 1.165) is 36.5 Å². The van der Waals surface area contributed by atoms with Crippen molar-refractivity contribution in [2.75, 3.05) is 0 Å². The topological polar surface area (TPSA) is 59.8 Å². The monoisotopic (exact) mass is 352 g/mol. The highest BCUT2D eigenvalue weighted by Crippen LogP contribution is 2.31. The van der Waals surface area contributed by atoms with Crippen LogP contribution in [0.3, 0.4) is 0 Å². The van der Waals surface area contributed by atoms with Crippen molar-refractivity contribution in [2.45, 2.75) is 38.8 Å². The number of ketones is 1. The van der Waals surface area contributed by atoms with Gasteiger partial charge in [0, 0.05) is 24.3 Å². The number of aromatic nitrogens is 3. The molecule has 1 aliphatic rings. The summed E-state index contributed by atoms with van der Waals surface area (Å²) in [5.41, 5.74) is 3.68. The lowest BCUT2D eigenvalue weighted by atomic mass is 9.93. The van der Waals surface area contributed by atoms with Crippen molar-refractivity contribution in [2.24, 2.45) is 0 Å². The second-order valence-electron chi connectivity index (χ2n) is 6.35. The van der Waals surface area contributed by atoms with E-state index in [0.29, 0.717) is 6.04 Å². The lowest BCUT2D eigenvalue weighted by Gasteiger charge is -2.24. The van der Waals surface area contributed by atoms with Gasteiger partial charge in [0.2, 0.25) is 0 Å². The number of hydrogen-bond acceptors (Lipinski definition) is 5. The van der Waals surface area contributed by atoms with Crippen LogP contribution in [0.4, 0.5) is 0 Å². The van der Waals surface area contributed by atoms with Gasteiger partial charge in [0.1, 0.15) is 0 Å². The summed E-state index contributed by atoms with van der Waals surface area (Å²) >= 11 is 1.52. The zero-order valence-electron chi connectivity index (χ0n) is 14.1. The smallest absolute Gasteiger partial charge is 0.169 e. The molecule has 1 aliphatic carbocycles. The number of hydrogen-bond donors (Lipinski definition) is 1. The summed E-state index contributed by atoms with van der Waals surface area (Å²) < 4.78 is 1.96. The van der Waals surface area contributed by atoms with E-state index < -0.39 is 0 Å². The number of thiophene rings is 1. The van der Waals surface area contributed by atoms with Crippen molar-refractivity contribution in [1.82, 2.24) is 20.1 Å². The molecule has 0 aliphatic heterocycles. The van der Waals surface area contributed by atoms with Gasteiger partial charge in [-0.1, -0.05) is 6.07 Å². The molecule has 0 saturated heterocycles. The Kier molecular flexibility index (Phi) is 4.46. The highest BCUT2D eigenvalue weighted by atomic mass is 32.1. The predicted octanol–water partition coefficient (Wildman–Crippen LogP) is 3.70. The van der Waals surface area contributed by atoms with Crippen LogP contribution in [0.15, 0.2) is 42.0 Å². The Morgan fingerprint density at radius 2 is 2.36 bits per heavy atom. The quantitative estimate of drug-likeness (QED) is 0.711. The summed E-state index contributed by atoms with van der Waals surface area (Å²) in [7, 11) is 0. The van der Waals surface area contributed by atoms with Crippen molar-refractivity contribution in [1.29, 1.82) is 0 Å². The van der Waals surface area contributed by atoms with E-state index in [1.54, 1.807) is 13.1 Å². The molecular weight excluding hydrogens is 332 g/mol. The predicted molar refractivity (Wildman–Crippen MR) is 98.2 cm³/mol. The third kappa shape index (κ3) is 3.27. The van der Waals surface area contributed by atoms with Crippen molar-refractivity contribution in [3.8, 4) is 5.82 Å². The molecule has 128 valence electrons. The van der Waals surface area contributed by atoms with Crippen LogP contribution in [0.25, 0.3) is 5.82 Å². The van der Waals surface area contributed by atoms with Gasteiger partial charge in [-0.25, -0.2) is 9.67 Å². The van der Waals surface area contributed by atoms with E-state index in [1.165, 1.54) is 28.2 Å². The minimum atomic E-state index is 0.132. The van der Waals surface area contributed by atoms with Gasteiger partial charge in [-0.05, 0) is 55.3 Å². The molecule has 0 unspecified atom stereocenters. The largest absolute Gasteiger partial charge is 0.306 e. The summed E-state index contributed by atoms with van der Waals surface area (Å²) in [6, 6.07) is 8.17. The first kappa shape index (κ1) is 16.2. The van der Waals surface area contributed by atoms with Crippen molar-refractivity contribution in [3.05, 3.63) is 63.7 Å². The van der Waals surface area contributed by atoms with E-state index in [4.69, 9.17) is 0 Å². The third-order valence-corrected chi connectivity index (χ3v) is 5.68. The Labute approximate surface area is 150 Å². The molecule has 0 fully saturated rings. The van der Waals surface area contributed by atoms with Crippen LogP contribution < -0.4 is 5.32 Å². The highest BCUT2D eigenvalue weighted by molar-refractivity contribution is 7.12. The molecule has 0 spiro atoms. The van der Waals surface area contributed by atoms with Crippen LogP contribution in [-0.4, -0.2) is 20.5 Å². The Morgan fingerprint density at radius 1 is 1.44 bits per heavy atom. The van der Waals surface area contributed by atoms with E-state index in [9.17, 15) is 4.79 Å². The SMILES string of the molecule is CC(=O)c1cc(CN[C@H]2CCCc3c2cnn3-c2ccccn2)cs1. The van der Waals surface area contributed by atoms with Crippen LogP contribution in [-0.2, 0) is 13.0 Å². The van der Waals surface area contributed by atoms with E-state index >= 15 is 0 Å². The second-order valence-corrected chi connectivity index (χ2v) is 7.26. The number of carbonyl (C=O) groups excluding carboxylic acids is 1. The summed E-state index contributed by atoms with van der Waals surface area (Å²) in [5, 5.41) is 10.3. The van der Waals surface area contributed by atoms with Gasteiger partial charge in [-0.2, -0.15) is 5.10 Å². The van der Waals surface area contributed by atoms with Crippen molar-refractivity contribution >= 4 is 17.1 Å². The maximum absolute atomic E-state index is 11.4. The Morgan fingerprint density at radius 3 is 3.12 bits per heavy atom. The van der Waals surface area contributed by atoms with Gasteiger partial charge in [0.05, 0.1) is 16.8 Å². The number of fused-ring (bicyclic) bond motifs is 1. The average molecular weight is 352 g/mol. The minimum Gasteiger partial charge on any atom is -0.306 e. The summed E-state index contributed by atoms with van der Waals surface area (Å²) in [4.78, 5) is 16.7. The molecule has 0 radical (unpaired) electrons. The van der Waals surface area contributed by atoms with E-state index in [2.05, 4.69) is 20.8 Å². The number of Topliss-reactive ketones (excluding diaryl/α,β-unsaturated/α-hetero) is 1. The number of carbonyl (C=O) groups is 1. The number of rotatable bonds is 5. The lowest BCUT2D eigenvalue weighted by molar-refractivity contribution is 0.102. The molecule has 0 bridgehead atoms. The maximum Gasteiger partial charge on any atom is 0.169 e. The normalized spacial score (nSPS) is 16.6. The Hall–Kier alpha value is -2.31. The van der Waals surface area contributed by atoms with Gasteiger partial charge >= 0.3 is 0 Å². The van der Waals surface area contributed by atoms with Crippen molar-refractivity contribution in [3.63, 3.8) is 0 Å². The van der Waals surface area contributed by atoms with E-state index in [1.807, 2.05) is 35.1 Å². The minimum absolute atomic E-state index is 0.132.